The average molecular weight is 228 g/mol. The van der Waals surface area contributed by atoms with Crippen LogP contribution in [0.4, 0.5) is 0 Å². The number of hydrogen-bond donors (Lipinski definition) is 0. The van der Waals surface area contributed by atoms with E-state index in [1.807, 2.05) is 12.1 Å². The summed E-state index contributed by atoms with van der Waals surface area (Å²) >= 11 is 0. The molecule has 0 saturated heterocycles. The van der Waals surface area contributed by atoms with Crippen LogP contribution in [0.15, 0.2) is 36.7 Å². The lowest BCUT2D eigenvalue weighted by molar-refractivity contribution is 0.101. The quantitative estimate of drug-likeness (QED) is 0.757. The topological polar surface area (TPSA) is 52.1 Å². The molecule has 0 radical (unpaired) electrons. The van der Waals surface area contributed by atoms with E-state index in [2.05, 4.69) is 10.2 Å². The number of hydrogen-bond acceptors (Lipinski definition) is 4. The van der Waals surface area contributed by atoms with Gasteiger partial charge in [-0.3, -0.25) is 4.79 Å². The second-order valence-corrected chi connectivity index (χ2v) is 3.60. The normalized spacial score (nSPS) is 10.0. The summed E-state index contributed by atoms with van der Waals surface area (Å²) in [4.78, 5) is 11.5. The Hall–Kier alpha value is -2.23. The average Bonchev–Trinajstić information content (AvgIpc) is 2.39. The van der Waals surface area contributed by atoms with Crippen LogP contribution in [0, 0.1) is 0 Å². The number of nitrogens with zero attached hydrogens (tertiary/aromatic N) is 2. The summed E-state index contributed by atoms with van der Waals surface area (Å²) in [6.07, 6.45) is 3.28. The molecule has 0 fully saturated rings. The predicted octanol–water partition coefficient (Wildman–Crippen LogP) is 2.35. The Morgan fingerprint density at radius 2 is 2.00 bits per heavy atom. The minimum Gasteiger partial charge on any atom is -0.496 e. The molecule has 86 valence electrons. The van der Waals surface area contributed by atoms with E-state index in [0.29, 0.717) is 11.3 Å². The fourth-order valence-corrected chi connectivity index (χ4v) is 1.62. The zero-order chi connectivity index (χ0) is 12.3. The van der Waals surface area contributed by atoms with Crippen LogP contribution in [0.1, 0.15) is 17.3 Å². The lowest BCUT2D eigenvalue weighted by atomic mass is 10.0. The molecule has 1 aromatic heterocycles. The van der Waals surface area contributed by atoms with Crippen molar-refractivity contribution in [3.63, 3.8) is 0 Å². The molecule has 4 nitrogen and oxygen atoms in total. The van der Waals surface area contributed by atoms with Crippen molar-refractivity contribution in [2.75, 3.05) is 7.11 Å². The molecule has 1 heterocycles. The number of methoxy groups -OCH3 is 1. The van der Waals surface area contributed by atoms with E-state index in [9.17, 15) is 4.79 Å². The van der Waals surface area contributed by atoms with Gasteiger partial charge in [0.25, 0.3) is 0 Å². The molecular formula is C13H12N2O2. The smallest absolute Gasteiger partial charge is 0.163 e. The number of benzene rings is 1. The van der Waals surface area contributed by atoms with Crippen LogP contribution in [-0.2, 0) is 0 Å². The third-order valence-electron chi connectivity index (χ3n) is 2.50. The second kappa shape index (κ2) is 4.74. The minimum absolute atomic E-state index is 0.0225. The Balaban J connectivity index is 2.51. The van der Waals surface area contributed by atoms with E-state index >= 15 is 0 Å². The van der Waals surface area contributed by atoms with E-state index in [-0.39, 0.29) is 5.78 Å². The van der Waals surface area contributed by atoms with Crippen LogP contribution in [0.25, 0.3) is 11.1 Å². The van der Waals surface area contributed by atoms with Crippen molar-refractivity contribution >= 4 is 5.78 Å². The lowest BCUT2D eigenvalue weighted by Gasteiger charge is -2.08. The van der Waals surface area contributed by atoms with Crippen molar-refractivity contribution in [1.82, 2.24) is 10.2 Å². The van der Waals surface area contributed by atoms with Gasteiger partial charge in [0.15, 0.2) is 5.78 Å². The number of Topliss-reactive ketones (excluding diaryl/α,β-unsaturated/α-hetero) is 1. The molecular weight excluding hydrogens is 216 g/mol. The van der Waals surface area contributed by atoms with Crippen LogP contribution in [-0.4, -0.2) is 23.1 Å². The van der Waals surface area contributed by atoms with Crippen LogP contribution in [0.2, 0.25) is 0 Å². The number of rotatable bonds is 3. The Morgan fingerprint density at radius 1 is 1.18 bits per heavy atom. The fraction of sp³-hybridized carbons (Fsp3) is 0.154. The first-order valence-corrected chi connectivity index (χ1v) is 5.18. The number of ether oxygens (including phenoxy) is 1. The first-order chi connectivity index (χ1) is 8.22. The van der Waals surface area contributed by atoms with Gasteiger partial charge in [0.1, 0.15) is 5.75 Å². The number of ketones is 1. The SMILES string of the molecule is COc1ccc(-c2ccnnc2)cc1C(C)=O. The van der Waals surface area contributed by atoms with Gasteiger partial charge >= 0.3 is 0 Å². The molecule has 4 heteroatoms. The maximum Gasteiger partial charge on any atom is 0.163 e. The molecule has 0 spiro atoms. The summed E-state index contributed by atoms with van der Waals surface area (Å²) in [6, 6.07) is 7.33. The first kappa shape index (κ1) is 11.3. The lowest BCUT2D eigenvalue weighted by Crippen LogP contribution is -1.98. The Morgan fingerprint density at radius 3 is 2.59 bits per heavy atom. The largest absolute Gasteiger partial charge is 0.496 e. The molecule has 0 atom stereocenters. The Kier molecular flexibility index (Phi) is 3.14. The van der Waals surface area contributed by atoms with Crippen molar-refractivity contribution in [3.05, 3.63) is 42.2 Å². The van der Waals surface area contributed by atoms with E-state index in [1.54, 1.807) is 31.6 Å². The highest BCUT2D eigenvalue weighted by molar-refractivity contribution is 5.98. The zero-order valence-corrected chi connectivity index (χ0v) is 9.68. The van der Waals surface area contributed by atoms with Crippen LogP contribution < -0.4 is 4.74 Å². The molecule has 1 aromatic carbocycles. The van der Waals surface area contributed by atoms with Gasteiger partial charge in [-0.25, -0.2) is 0 Å². The van der Waals surface area contributed by atoms with E-state index in [0.717, 1.165) is 11.1 Å². The second-order valence-electron chi connectivity index (χ2n) is 3.60. The molecule has 0 aliphatic heterocycles. The highest BCUT2D eigenvalue weighted by atomic mass is 16.5. The van der Waals surface area contributed by atoms with E-state index < -0.39 is 0 Å². The van der Waals surface area contributed by atoms with Gasteiger partial charge in [0, 0.05) is 5.56 Å². The predicted molar refractivity (Wildman–Crippen MR) is 64.0 cm³/mol. The Bertz CT molecular complexity index is 538. The fourth-order valence-electron chi connectivity index (χ4n) is 1.62. The van der Waals surface area contributed by atoms with Gasteiger partial charge in [-0.1, -0.05) is 6.07 Å². The molecule has 0 unspecified atom stereocenters. The minimum atomic E-state index is -0.0225. The highest BCUT2D eigenvalue weighted by Gasteiger charge is 2.09. The number of carbonyl (C=O) groups excluding carboxylic acids is 1. The zero-order valence-electron chi connectivity index (χ0n) is 9.68. The van der Waals surface area contributed by atoms with Crippen molar-refractivity contribution in [2.24, 2.45) is 0 Å². The highest BCUT2D eigenvalue weighted by Crippen LogP contribution is 2.26. The molecule has 0 N–H and O–H groups in total. The standard InChI is InChI=1S/C13H12N2O2/c1-9(16)12-7-10(3-4-13(12)17-2)11-5-6-14-15-8-11/h3-8H,1-2H3. The van der Waals surface area contributed by atoms with Gasteiger partial charge in [-0.15, -0.1) is 0 Å². The van der Waals surface area contributed by atoms with Crippen molar-refractivity contribution in [2.45, 2.75) is 6.92 Å². The van der Waals surface area contributed by atoms with Gasteiger partial charge in [0.2, 0.25) is 0 Å². The number of aromatic nitrogens is 2. The molecule has 0 saturated carbocycles. The van der Waals surface area contributed by atoms with E-state index in [4.69, 9.17) is 4.74 Å². The van der Waals surface area contributed by atoms with Gasteiger partial charge in [-0.2, -0.15) is 10.2 Å². The van der Waals surface area contributed by atoms with Crippen LogP contribution >= 0.6 is 0 Å². The maximum atomic E-state index is 11.5. The molecule has 0 aliphatic rings. The third-order valence-corrected chi connectivity index (χ3v) is 2.50. The third kappa shape index (κ3) is 2.30. The first-order valence-electron chi connectivity index (χ1n) is 5.18. The van der Waals surface area contributed by atoms with Gasteiger partial charge in [-0.05, 0) is 30.7 Å². The number of carbonyl (C=O) groups is 1. The molecule has 17 heavy (non-hydrogen) atoms. The summed E-state index contributed by atoms with van der Waals surface area (Å²) in [5, 5.41) is 7.53. The summed E-state index contributed by atoms with van der Waals surface area (Å²) in [6.45, 7) is 1.52. The van der Waals surface area contributed by atoms with Crippen molar-refractivity contribution in [3.8, 4) is 16.9 Å². The van der Waals surface area contributed by atoms with Crippen LogP contribution in [0.3, 0.4) is 0 Å². The summed E-state index contributed by atoms with van der Waals surface area (Å²) in [5.41, 5.74) is 2.41. The molecule has 0 amide bonds. The monoisotopic (exact) mass is 228 g/mol. The maximum absolute atomic E-state index is 11.5. The molecule has 0 aliphatic carbocycles. The van der Waals surface area contributed by atoms with Crippen LogP contribution in [0.5, 0.6) is 5.75 Å². The van der Waals surface area contributed by atoms with Crippen molar-refractivity contribution in [1.29, 1.82) is 0 Å². The van der Waals surface area contributed by atoms with Gasteiger partial charge in [0.05, 0.1) is 25.1 Å². The summed E-state index contributed by atoms with van der Waals surface area (Å²) < 4.78 is 5.15. The molecule has 2 aromatic rings. The van der Waals surface area contributed by atoms with Crippen molar-refractivity contribution < 1.29 is 9.53 Å². The molecule has 2 rings (SSSR count). The molecule has 0 bridgehead atoms. The van der Waals surface area contributed by atoms with E-state index in [1.165, 1.54) is 6.92 Å². The Labute approximate surface area is 99.3 Å². The summed E-state index contributed by atoms with van der Waals surface area (Å²) in [7, 11) is 1.55. The van der Waals surface area contributed by atoms with Gasteiger partial charge < -0.3 is 4.74 Å². The summed E-state index contributed by atoms with van der Waals surface area (Å²) in [5.74, 6) is 0.564.